The lowest BCUT2D eigenvalue weighted by Gasteiger charge is -2.35. The van der Waals surface area contributed by atoms with Crippen LogP contribution >= 0.6 is 34.2 Å². The minimum absolute atomic E-state index is 0.337. The average Bonchev–Trinajstić information content (AvgIpc) is 3.25. The minimum atomic E-state index is -2.49. The Morgan fingerprint density at radius 3 is 1.73 bits per heavy atom. The third-order valence-corrected chi connectivity index (χ3v) is 15.3. The van der Waals surface area contributed by atoms with Crippen LogP contribution in [0.3, 0.4) is 0 Å². The molecule has 0 bridgehead atoms. The highest BCUT2D eigenvalue weighted by Gasteiger charge is 2.39. The van der Waals surface area contributed by atoms with E-state index in [-0.39, 0.29) is 10.9 Å². The molecule has 1 fully saturated rings. The van der Waals surface area contributed by atoms with Gasteiger partial charge in [0.05, 0.1) is 39.6 Å². The molecule has 2 aliphatic rings. The third kappa shape index (κ3) is 10.3. The Morgan fingerprint density at radius 1 is 0.848 bits per heavy atom. The Hall–Kier alpha value is 0.780. The number of benzene rings is 1. The normalized spacial score (nSPS) is 20.5. The van der Waals surface area contributed by atoms with E-state index in [1.54, 1.807) is 0 Å². The molecule has 2 heterocycles. The van der Waals surface area contributed by atoms with E-state index in [4.69, 9.17) is 51.2 Å². The van der Waals surface area contributed by atoms with Crippen molar-refractivity contribution in [2.45, 2.75) is 45.0 Å². The molecule has 0 amide bonds. The van der Waals surface area contributed by atoms with Crippen molar-refractivity contribution in [2.24, 2.45) is 0 Å². The molecule has 33 heavy (non-hydrogen) atoms. The average molecular weight is 576 g/mol. The van der Waals surface area contributed by atoms with E-state index in [9.17, 15) is 0 Å². The maximum atomic E-state index is 5.86. The van der Waals surface area contributed by atoms with Gasteiger partial charge < -0.3 is 32.9 Å². The fourth-order valence-corrected chi connectivity index (χ4v) is 14.0. The predicted molar refractivity (Wildman–Crippen MR) is 148 cm³/mol. The largest absolute Gasteiger partial charge is 0.384 e. The second-order valence-electron chi connectivity index (χ2n) is 6.59. The number of hydrogen-bond donors (Lipinski definition) is 1. The maximum Gasteiger partial charge on any atom is 0.249 e. The lowest BCUT2D eigenvalue weighted by molar-refractivity contribution is -0.0654. The molecule has 1 aromatic rings. The highest BCUT2D eigenvalue weighted by atomic mass is 32.9. The number of hydrogen-bond acceptors (Lipinski definition) is 11. The van der Waals surface area contributed by atoms with Gasteiger partial charge in [-0.05, 0) is 92.1 Å². The van der Waals surface area contributed by atoms with Crippen molar-refractivity contribution in [1.29, 1.82) is 0 Å². The van der Waals surface area contributed by atoms with Crippen LogP contribution in [0.2, 0.25) is 0 Å². The van der Waals surface area contributed by atoms with Gasteiger partial charge in [-0.2, -0.15) is 0 Å². The van der Waals surface area contributed by atoms with Gasteiger partial charge in [-0.3, -0.25) is 0 Å². The predicted octanol–water partition coefficient (Wildman–Crippen LogP) is 6.40. The zero-order valence-corrected chi connectivity index (χ0v) is 24.7. The van der Waals surface area contributed by atoms with Crippen molar-refractivity contribution in [2.75, 3.05) is 51.5 Å². The first kappa shape index (κ1) is 30.0. The first-order valence-corrected chi connectivity index (χ1v) is 19.3. The summed E-state index contributed by atoms with van der Waals surface area (Å²) in [6, 6.07) is 8.46. The van der Waals surface area contributed by atoms with E-state index >= 15 is 0 Å². The molecule has 2 unspecified atom stereocenters. The van der Waals surface area contributed by atoms with Crippen molar-refractivity contribution in [3.8, 4) is 0 Å². The molecule has 190 valence electrons. The Morgan fingerprint density at radius 2 is 1.30 bits per heavy atom. The van der Waals surface area contributed by atoms with Crippen molar-refractivity contribution in [3.63, 3.8) is 0 Å². The molecule has 0 aromatic heterocycles. The first-order valence-electron chi connectivity index (χ1n) is 11.1. The van der Waals surface area contributed by atoms with Gasteiger partial charge in [0.2, 0.25) is 11.4 Å². The number of nitrogens with one attached hydrogen (secondary N) is 1. The number of fused-ring (bicyclic) bond motifs is 1. The molecule has 0 aliphatic carbocycles. The van der Waals surface area contributed by atoms with Gasteiger partial charge in [0.15, 0.2) is 0 Å². The second-order valence-corrected chi connectivity index (χ2v) is 19.2. The Kier molecular flexibility index (Phi) is 14.4. The van der Waals surface area contributed by atoms with Crippen LogP contribution in [-0.4, -0.2) is 57.1 Å². The van der Waals surface area contributed by atoms with Crippen molar-refractivity contribution in [3.05, 3.63) is 29.8 Å². The Labute approximate surface area is 216 Å². The number of para-hydroxylation sites is 1. The van der Waals surface area contributed by atoms with E-state index < -0.39 is 11.4 Å². The summed E-state index contributed by atoms with van der Waals surface area (Å²) in [6.07, 6.45) is 1.19. The van der Waals surface area contributed by atoms with E-state index in [0.29, 0.717) is 39.6 Å². The van der Waals surface area contributed by atoms with Gasteiger partial charge in [-0.15, -0.1) is 0 Å². The van der Waals surface area contributed by atoms with Crippen molar-refractivity contribution < 1.29 is 27.6 Å². The van der Waals surface area contributed by atoms with Crippen LogP contribution in [0.4, 0.5) is 5.69 Å². The van der Waals surface area contributed by atoms with Crippen LogP contribution < -0.4 is 5.32 Å². The minimum Gasteiger partial charge on any atom is -0.384 e. The summed E-state index contributed by atoms with van der Waals surface area (Å²) in [5.41, 5.74) is -2.89. The lowest BCUT2D eigenvalue weighted by Crippen LogP contribution is -2.34. The van der Waals surface area contributed by atoms with Crippen molar-refractivity contribution >= 4 is 63.5 Å². The van der Waals surface area contributed by atoms with Crippen molar-refractivity contribution in [1.82, 2.24) is 0 Å². The molecule has 2 atom stereocenters. The summed E-state index contributed by atoms with van der Waals surface area (Å²) >= 11 is 13.9. The van der Waals surface area contributed by atoms with E-state index in [1.807, 2.05) is 27.7 Å². The number of anilines is 1. The SMILES string of the molecule is CCOP(=S)(OCC)SC1OCCOC1SP(=S)(OCC)OCC.c1ccc2c(c1)CCN2. The smallest absolute Gasteiger partial charge is 0.249 e. The molecular formula is C20H35NO6P2S4. The summed E-state index contributed by atoms with van der Waals surface area (Å²) < 4.78 is 34.5. The number of ether oxygens (including phenoxy) is 2. The fourth-order valence-electron chi connectivity index (χ4n) is 2.97. The summed E-state index contributed by atoms with van der Waals surface area (Å²) in [5.74, 6) is 0. The molecule has 0 radical (unpaired) electrons. The number of rotatable bonds is 12. The Bertz CT molecular complexity index is 723. The van der Waals surface area contributed by atoms with Crippen LogP contribution in [0.15, 0.2) is 24.3 Å². The molecule has 13 heteroatoms. The molecule has 7 nitrogen and oxygen atoms in total. The molecule has 3 rings (SSSR count). The van der Waals surface area contributed by atoms with Gasteiger partial charge in [-0.25, -0.2) is 0 Å². The van der Waals surface area contributed by atoms with Crippen LogP contribution in [-0.2, 0) is 57.6 Å². The van der Waals surface area contributed by atoms with Gasteiger partial charge in [0, 0.05) is 12.2 Å². The lowest BCUT2D eigenvalue weighted by atomic mass is 10.2. The van der Waals surface area contributed by atoms with Gasteiger partial charge >= 0.3 is 0 Å². The monoisotopic (exact) mass is 575 g/mol. The van der Waals surface area contributed by atoms with Gasteiger partial charge in [0.25, 0.3) is 0 Å². The van der Waals surface area contributed by atoms with E-state index in [0.717, 1.165) is 6.54 Å². The zero-order valence-electron chi connectivity index (χ0n) is 19.6. The highest BCUT2D eigenvalue weighted by Crippen LogP contribution is 2.68. The molecule has 1 N–H and O–H groups in total. The van der Waals surface area contributed by atoms with Gasteiger partial charge in [0.1, 0.15) is 10.9 Å². The summed E-state index contributed by atoms with van der Waals surface area (Å²) in [5, 5.41) is 3.30. The topological polar surface area (TPSA) is 67.4 Å². The maximum absolute atomic E-state index is 5.86. The Balaban J connectivity index is 0.000000349. The molecule has 0 saturated carbocycles. The van der Waals surface area contributed by atoms with Crippen LogP contribution in [0.5, 0.6) is 0 Å². The van der Waals surface area contributed by atoms with Crippen LogP contribution in [0.1, 0.15) is 33.3 Å². The summed E-state index contributed by atoms with van der Waals surface area (Å²) in [6.45, 7) is 11.7. The molecule has 2 aliphatic heterocycles. The standard InChI is InChI=1S/C12H26O6P2S4.C8H9N/c1-5-15-19(21,16-6-2)23-11-12(14-10-9-13-11)24-20(22,17-7-3)18-8-4;1-2-4-8-7(3-1)5-6-9-8/h11-12H,5-10H2,1-4H3;1-4,9H,5-6H2. The zero-order chi connectivity index (χ0) is 24.2. The van der Waals surface area contributed by atoms with Gasteiger partial charge in [-0.1, -0.05) is 18.2 Å². The fraction of sp³-hybridized carbons (Fsp3) is 0.700. The molecule has 1 saturated heterocycles. The third-order valence-electron chi connectivity index (χ3n) is 4.21. The first-order chi connectivity index (χ1) is 15.9. The molecule has 0 spiro atoms. The molecular weight excluding hydrogens is 540 g/mol. The summed E-state index contributed by atoms with van der Waals surface area (Å²) in [4.78, 5) is 0. The second kappa shape index (κ2) is 15.8. The highest BCUT2D eigenvalue weighted by molar-refractivity contribution is 8.69. The molecule has 1 aromatic carbocycles. The van der Waals surface area contributed by atoms with E-state index in [1.165, 1.54) is 40.4 Å². The van der Waals surface area contributed by atoms with Crippen LogP contribution in [0, 0.1) is 0 Å². The quantitative estimate of drug-likeness (QED) is 0.282. The summed E-state index contributed by atoms with van der Waals surface area (Å²) in [7, 11) is 0. The van der Waals surface area contributed by atoms with E-state index in [2.05, 4.69) is 29.6 Å². The van der Waals surface area contributed by atoms with Crippen LogP contribution in [0.25, 0.3) is 0 Å².